The highest BCUT2D eigenvalue weighted by molar-refractivity contribution is 5.74. The summed E-state index contributed by atoms with van der Waals surface area (Å²) >= 11 is 0. The Morgan fingerprint density at radius 3 is 2.61 bits per heavy atom. The molecular formula is C16H22N6O. The number of aromatic nitrogens is 4. The molecule has 0 unspecified atom stereocenters. The Hall–Kier alpha value is -2.31. The standard InChI is InChI=1S/C16H22N6O/c1-17-15(23)21-6-3-16(4-7-21)5-8-22-13(10-18-14(16)22)12-9-19-20(2)11-12/h9-11H,3-8H2,1-2H3,(H,17,23). The van der Waals surface area contributed by atoms with Gasteiger partial charge in [0.25, 0.3) is 0 Å². The maximum Gasteiger partial charge on any atom is 0.317 e. The van der Waals surface area contributed by atoms with Crippen molar-refractivity contribution in [1.82, 2.24) is 29.5 Å². The minimum absolute atomic E-state index is 0.0252. The Morgan fingerprint density at radius 1 is 1.22 bits per heavy atom. The molecule has 1 spiro atoms. The quantitative estimate of drug-likeness (QED) is 0.864. The van der Waals surface area contributed by atoms with E-state index in [1.54, 1.807) is 7.05 Å². The molecule has 23 heavy (non-hydrogen) atoms. The molecule has 2 amide bonds. The van der Waals surface area contributed by atoms with Gasteiger partial charge in [0.15, 0.2) is 0 Å². The molecule has 0 saturated carbocycles. The summed E-state index contributed by atoms with van der Waals surface area (Å²) in [4.78, 5) is 18.4. The zero-order valence-corrected chi connectivity index (χ0v) is 13.6. The minimum atomic E-state index is 0.0252. The predicted octanol–water partition coefficient (Wildman–Crippen LogP) is 1.36. The molecule has 0 aromatic carbocycles. The second-order valence-electron chi connectivity index (χ2n) is 6.59. The Labute approximate surface area is 135 Å². The number of imidazole rings is 1. The van der Waals surface area contributed by atoms with Gasteiger partial charge in [0.1, 0.15) is 5.82 Å². The summed E-state index contributed by atoms with van der Waals surface area (Å²) in [6.07, 6.45) is 8.99. The lowest BCUT2D eigenvalue weighted by Crippen LogP contribution is -2.47. The van der Waals surface area contributed by atoms with E-state index >= 15 is 0 Å². The van der Waals surface area contributed by atoms with Crippen LogP contribution in [0.4, 0.5) is 4.79 Å². The van der Waals surface area contributed by atoms with Crippen LogP contribution in [-0.4, -0.2) is 50.4 Å². The second kappa shape index (κ2) is 5.11. The van der Waals surface area contributed by atoms with Crippen molar-refractivity contribution in [3.63, 3.8) is 0 Å². The summed E-state index contributed by atoms with van der Waals surface area (Å²) in [5, 5.41) is 6.98. The minimum Gasteiger partial charge on any atom is -0.341 e. The van der Waals surface area contributed by atoms with Gasteiger partial charge in [0.2, 0.25) is 0 Å². The van der Waals surface area contributed by atoms with Crippen LogP contribution < -0.4 is 5.32 Å². The fourth-order valence-corrected chi connectivity index (χ4v) is 4.02. The summed E-state index contributed by atoms with van der Waals surface area (Å²) in [6.45, 7) is 2.60. The van der Waals surface area contributed by atoms with E-state index in [1.807, 2.05) is 35.2 Å². The van der Waals surface area contributed by atoms with Gasteiger partial charge >= 0.3 is 6.03 Å². The monoisotopic (exact) mass is 314 g/mol. The lowest BCUT2D eigenvalue weighted by molar-refractivity contribution is 0.157. The lowest BCUT2D eigenvalue weighted by Gasteiger charge is -2.38. The van der Waals surface area contributed by atoms with Crippen molar-refractivity contribution in [2.75, 3.05) is 20.1 Å². The molecule has 1 N–H and O–H groups in total. The molecule has 2 aliphatic heterocycles. The molecule has 0 atom stereocenters. The zero-order valence-electron chi connectivity index (χ0n) is 13.6. The number of hydrogen-bond acceptors (Lipinski definition) is 3. The molecule has 2 aromatic heterocycles. The van der Waals surface area contributed by atoms with Gasteiger partial charge < -0.3 is 14.8 Å². The Bertz CT molecular complexity index is 738. The summed E-state index contributed by atoms with van der Waals surface area (Å²) in [6, 6.07) is 0.0252. The molecule has 0 bridgehead atoms. The van der Waals surface area contributed by atoms with Crippen molar-refractivity contribution < 1.29 is 4.79 Å². The van der Waals surface area contributed by atoms with Gasteiger partial charge in [-0.3, -0.25) is 4.68 Å². The Morgan fingerprint density at radius 2 is 1.96 bits per heavy atom. The first-order valence-corrected chi connectivity index (χ1v) is 8.15. The number of carbonyl (C=O) groups is 1. The van der Waals surface area contributed by atoms with Crippen molar-refractivity contribution >= 4 is 6.03 Å². The van der Waals surface area contributed by atoms with Gasteiger partial charge in [0.05, 0.1) is 18.1 Å². The fourth-order valence-electron chi connectivity index (χ4n) is 4.02. The average Bonchev–Trinajstić information content (AvgIpc) is 3.25. The first-order valence-electron chi connectivity index (χ1n) is 8.15. The van der Waals surface area contributed by atoms with Crippen molar-refractivity contribution in [2.24, 2.45) is 7.05 Å². The van der Waals surface area contributed by atoms with Crippen LogP contribution in [0, 0.1) is 0 Å². The Kier molecular flexibility index (Phi) is 3.18. The largest absolute Gasteiger partial charge is 0.341 e. The number of fused-ring (bicyclic) bond motifs is 2. The van der Waals surface area contributed by atoms with Crippen molar-refractivity contribution in [3.8, 4) is 11.3 Å². The first-order chi connectivity index (χ1) is 11.1. The van der Waals surface area contributed by atoms with Crippen molar-refractivity contribution in [1.29, 1.82) is 0 Å². The molecule has 1 fully saturated rings. The third-order valence-corrected chi connectivity index (χ3v) is 5.37. The van der Waals surface area contributed by atoms with E-state index < -0.39 is 0 Å². The maximum atomic E-state index is 11.8. The molecule has 7 heteroatoms. The van der Waals surface area contributed by atoms with Crippen LogP contribution in [0.3, 0.4) is 0 Å². The third-order valence-electron chi connectivity index (χ3n) is 5.37. The van der Waals surface area contributed by atoms with Crippen LogP contribution in [0.5, 0.6) is 0 Å². The van der Waals surface area contributed by atoms with E-state index in [-0.39, 0.29) is 11.4 Å². The van der Waals surface area contributed by atoms with Crippen molar-refractivity contribution in [2.45, 2.75) is 31.2 Å². The molecule has 0 aliphatic carbocycles. The van der Waals surface area contributed by atoms with Gasteiger partial charge in [-0.15, -0.1) is 0 Å². The number of rotatable bonds is 1. The molecule has 7 nitrogen and oxygen atoms in total. The summed E-state index contributed by atoms with van der Waals surface area (Å²) < 4.78 is 4.16. The molecule has 122 valence electrons. The van der Waals surface area contributed by atoms with Crippen LogP contribution in [-0.2, 0) is 19.0 Å². The zero-order chi connectivity index (χ0) is 16.0. The Balaban J connectivity index is 1.60. The maximum absolute atomic E-state index is 11.8. The van der Waals surface area contributed by atoms with Crippen LogP contribution in [0.25, 0.3) is 11.3 Å². The smallest absolute Gasteiger partial charge is 0.317 e. The molecule has 1 saturated heterocycles. The summed E-state index contributed by atoms with van der Waals surface area (Å²) in [7, 11) is 3.62. The van der Waals surface area contributed by atoms with E-state index in [0.29, 0.717) is 0 Å². The van der Waals surface area contributed by atoms with Crippen molar-refractivity contribution in [3.05, 3.63) is 24.4 Å². The highest BCUT2D eigenvalue weighted by Crippen LogP contribution is 2.44. The van der Waals surface area contributed by atoms with Gasteiger partial charge in [-0.25, -0.2) is 9.78 Å². The molecule has 0 radical (unpaired) electrons. The SMILES string of the molecule is CNC(=O)N1CCC2(CC1)CCn1c(-c3cnn(C)c3)cnc12. The number of amides is 2. The number of likely N-dealkylation sites (tertiary alicyclic amines) is 1. The highest BCUT2D eigenvalue weighted by atomic mass is 16.2. The molecule has 4 rings (SSSR count). The number of nitrogens with zero attached hydrogens (tertiary/aromatic N) is 5. The fraction of sp³-hybridized carbons (Fsp3) is 0.562. The van der Waals surface area contributed by atoms with Crippen LogP contribution in [0.15, 0.2) is 18.6 Å². The number of urea groups is 1. The summed E-state index contributed by atoms with van der Waals surface area (Å²) in [5.41, 5.74) is 2.40. The summed E-state index contributed by atoms with van der Waals surface area (Å²) in [5.74, 6) is 1.19. The van der Waals surface area contributed by atoms with Crippen LogP contribution >= 0.6 is 0 Å². The predicted molar refractivity (Wildman–Crippen MR) is 86.0 cm³/mol. The van der Waals surface area contributed by atoms with E-state index in [1.165, 1.54) is 5.82 Å². The van der Waals surface area contributed by atoms with Gasteiger partial charge in [-0.2, -0.15) is 5.10 Å². The average molecular weight is 314 g/mol. The molecular weight excluding hydrogens is 292 g/mol. The second-order valence-corrected chi connectivity index (χ2v) is 6.59. The van der Waals surface area contributed by atoms with Gasteiger partial charge in [-0.1, -0.05) is 0 Å². The third kappa shape index (κ3) is 2.14. The molecule has 2 aliphatic rings. The van der Waals surface area contributed by atoms with E-state index in [2.05, 4.69) is 15.0 Å². The number of hydrogen-bond donors (Lipinski definition) is 1. The molecule has 2 aromatic rings. The van der Waals surface area contributed by atoms with Crippen LogP contribution in [0.2, 0.25) is 0 Å². The highest BCUT2D eigenvalue weighted by Gasteiger charge is 2.44. The van der Waals surface area contributed by atoms with Gasteiger partial charge in [0, 0.05) is 50.9 Å². The first kappa shape index (κ1) is 14.3. The van der Waals surface area contributed by atoms with E-state index in [0.717, 1.165) is 50.2 Å². The number of aryl methyl sites for hydroxylation is 1. The lowest BCUT2D eigenvalue weighted by atomic mass is 9.77. The molecule has 4 heterocycles. The van der Waals surface area contributed by atoms with E-state index in [9.17, 15) is 4.79 Å². The van der Waals surface area contributed by atoms with Gasteiger partial charge in [-0.05, 0) is 19.3 Å². The number of piperidine rings is 1. The number of carbonyl (C=O) groups excluding carboxylic acids is 1. The number of nitrogens with one attached hydrogen (secondary N) is 1. The van der Waals surface area contributed by atoms with E-state index in [4.69, 9.17) is 4.98 Å². The normalized spacial score (nSPS) is 19.1. The topological polar surface area (TPSA) is 68.0 Å². The van der Waals surface area contributed by atoms with Crippen LogP contribution in [0.1, 0.15) is 25.1 Å².